The molecule has 1 aromatic rings. The largest absolute Gasteiger partial charge is 0.456 e. The number of likely N-dealkylation sites (tertiary alicyclic amines) is 1. The third kappa shape index (κ3) is 3.56. The van der Waals surface area contributed by atoms with E-state index in [4.69, 9.17) is 0 Å². The number of hydrogen-bond acceptors (Lipinski definition) is 4. The van der Waals surface area contributed by atoms with Gasteiger partial charge in [-0.25, -0.2) is 0 Å². The van der Waals surface area contributed by atoms with E-state index in [2.05, 4.69) is 15.2 Å². The Morgan fingerprint density at radius 3 is 2.85 bits per heavy atom. The van der Waals surface area contributed by atoms with E-state index in [0.717, 1.165) is 25.6 Å². The Morgan fingerprint density at radius 1 is 1.45 bits per heavy atom. The first kappa shape index (κ1) is 15.0. The molecule has 1 saturated heterocycles. The van der Waals surface area contributed by atoms with Gasteiger partial charge in [0.15, 0.2) is 5.69 Å². The van der Waals surface area contributed by atoms with Crippen LogP contribution in [0, 0.1) is 0 Å². The second kappa shape index (κ2) is 5.90. The molecule has 1 fully saturated rings. The quantitative estimate of drug-likeness (QED) is 0.795. The highest BCUT2D eigenvalue weighted by atomic mass is 19.4. The van der Waals surface area contributed by atoms with E-state index < -0.39 is 17.7 Å². The molecule has 112 valence electrons. The monoisotopic (exact) mass is 290 g/mol. The van der Waals surface area contributed by atoms with Gasteiger partial charge in [0.2, 0.25) is 0 Å². The molecule has 8 heteroatoms. The van der Waals surface area contributed by atoms with Crippen LogP contribution < -0.4 is 0 Å². The van der Waals surface area contributed by atoms with Crippen LogP contribution in [0.1, 0.15) is 36.2 Å². The standard InChI is InChI=1S/C12H17F3N4O/c1-18-6-3-2-4-9(18)5-7-19-8-10(16-17-19)11(20)12(13,14)15/h8-9H,2-7H2,1H3. The van der Waals surface area contributed by atoms with E-state index in [0.29, 0.717) is 12.6 Å². The molecule has 1 aliphatic rings. The number of rotatable bonds is 4. The normalized spacial score (nSPS) is 21.1. The van der Waals surface area contributed by atoms with Gasteiger partial charge in [-0.2, -0.15) is 13.2 Å². The van der Waals surface area contributed by atoms with Crippen LogP contribution in [-0.2, 0) is 6.54 Å². The Hall–Kier alpha value is -1.44. The molecule has 20 heavy (non-hydrogen) atoms. The average molecular weight is 290 g/mol. The molecule has 0 amide bonds. The Bertz CT molecular complexity index is 472. The number of halogens is 3. The van der Waals surface area contributed by atoms with Crippen molar-refractivity contribution in [1.82, 2.24) is 19.9 Å². The number of piperidine rings is 1. The summed E-state index contributed by atoms with van der Waals surface area (Å²) in [5, 5.41) is 6.88. The lowest BCUT2D eigenvalue weighted by Gasteiger charge is -2.32. The fourth-order valence-electron chi connectivity index (χ4n) is 2.45. The van der Waals surface area contributed by atoms with E-state index in [1.165, 1.54) is 17.5 Å². The summed E-state index contributed by atoms with van der Waals surface area (Å²) in [7, 11) is 2.05. The van der Waals surface area contributed by atoms with Gasteiger partial charge in [-0.05, 0) is 32.9 Å². The number of alkyl halides is 3. The zero-order valence-electron chi connectivity index (χ0n) is 11.2. The van der Waals surface area contributed by atoms with Crippen molar-refractivity contribution in [3.63, 3.8) is 0 Å². The third-order valence-electron chi connectivity index (χ3n) is 3.64. The maximum Gasteiger partial charge on any atom is 0.456 e. The van der Waals surface area contributed by atoms with Crippen LogP contribution in [0.4, 0.5) is 13.2 Å². The number of hydrogen-bond donors (Lipinski definition) is 0. The van der Waals surface area contributed by atoms with Crippen molar-refractivity contribution in [3.05, 3.63) is 11.9 Å². The smallest absolute Gasteiger partial charge is 0.303 e. The van der Waals surface area contributed by atoms with Crippen LogP contribution in [0.3, 0.4) is 0 Å². The van der Waals surface area contributed by atoms with Gasteiger partial charge in [-0.15, -0.1) is 5.10 Å². The predicted octanol–water partition coefficient (Wildman–Crippen LogP) is 1.90. The highest BCUT2D eigenvalue weighted by Gasteiger charge is 2.41. The van der Waals surface area contributed by atoms with Crippen LogP contribution in [0.2, 0.25) is 0 Å². The lowest BCUT2D eigenvalue weighted by atomic mass is 10.0. The first-order chi connectivity index (χ1) is 9.38. The molecule has 1 aromatic heterocycles. The fourth-order valence-corrected chi connectivity index (χ4v) is 2.45. The molecule has 2 rings (SSSR count). The van der Waals surface area contributed by atoms with Gasteiger partial charge in [-0.3, -0.25) is 9.48 Å². The summed E-state index contributed by atoms with van der Waals surface area (Å²) in [5.41, 5.74) is -0.644. The van der Waals surface area contributed by atoms with Crippen LogP contribution in [0.15, 0.2) is 6.20 Å². The second-order valence-corrected chi connectivity index (χ2v) is 5.11. The van der Waals surface area contributed by atoms with Crippen molar-refractivity contribution in [2.24, 2.45) is 0 Å². The van der Waals surface area contributed by atoms with Crippen molar-refractivity contribution in [3.8, 4) is 0 Å². The molecule has 0 spiro atoms. The van der Waals surface area contributed by atoms with Gasteiger partial charge >= 0.3 is 6.18 Å². The lowest BCUT2D eigenvalue weighted by Crippen LogP contribution is -2.36. The highest BCUT2D eigenvalue weighted by Crippen LogP contribution is 2.21. The lowest BCUT2D eigenvalue weighted by molar-refractivity contribution is -0.0888. The molecule has 5 nitrogen and oxygen atoms in total. The minimum atomic E-state index is -4.90. The van der Waals surface area contributed by atoms with Crippen molar-refractivity contribution < 1.29 is 18.0 Å². The van der Waals surface area contributed by atoms with Gasteiger partial charge in [-0.1, -0.05) is 11.6 Å². The molecule has 0 bridgehead atoms. The molecular weight excluding hydrogens is 273 g/mol. The Morgan fingerprint density at radius 2 is 2.20 bits per heavy atom. The Balaban J connectivity index is 1.91. The minimum Gasteiger partial charge on any atom is -0.303 e. The maximum absolute atomic E-state index is 12.2. The Kier molecular flexibility index (Phi) is 4.42. The third-order valence-corrected chi connectivity index (χ3v) is 3.64. The van der Waals surface area contributed by atoms with E-state index in [1.807, 2.05) is 7.05 Å². The summed E-state index contributed by atoms with van der Waals surface area (Å²) in [6, 6.07) is 0.412. The predicted molar refractivity (Wildman–Crippen MR) is 65.3 cm³/mol. The number of aromatic nitrogens is 3. The maximum atomic E-state index is 12.2. The number of aryl methyl sites for hydroxylation is 1. The van der Waals surface area contributed by atoms with Crippen molar-refractivity contribution in [1.29, 1.82) is 0 Å². The van der Waals surface area contributed by atoms with Gasteiger partial charge in [0, 0.05) is 12.6 Å². The van der Waals surface area contributed by atoms with Crippen LogP contribution in [0.5, 0.6) is 0 Å². The molecule has 1 aliphatic heterocycles. The van der Waals surface area contributed by atoms with Gasteiger partial charge in [0.25, 0.3) is 5.78 Å². The summed E-state index contributed by atoms with van der Waals surface area (Å²) < 4.78 is 38.0. The van der Waals surface area contributed by atoms with Crippen molar-refractivity contribution >= 4 is 5.78 Å². The summed E-state index contributed by atoms with van der Waals surface area (Å²) in [4.78, 5) is 13.2. The SMILES string of the molecule is CN1CCCCC1CCn1cc(C(=O)C(F)(F)F)nn1. The van der Waals surface area contributed by atoms with Crippen molar-refractivity contribution in [2.75, 3.05) is 13.6 Å². The van der Waals surface area contributed by atoms with Gasteiger partial charge < -0.3 is 4.90 Å². The van der Waals surface area contributed by atoms with Crippen molar-refractivity contribution in [2.45, 2.75) is 44.4 Å². The van der Waals surface area contributed by atoms with Gasteiger partial charge in [0.05, 0.1) is 6.20 Å². The summed E-state index contributed by atoms with van der Waals surface area (Å²) in [6.07, 6.45) is 0.396. The molecule has 0 radical (unpaired) electrons. The summed E-state index contributed by atoms with van der Waals surface area (Å²) >= 11 is 0. The molecule has 1 atom stereocenters. The van der Waals surface area contributed by atoms with Crippen LogP contribution >= 0.6 is 0 Å². The zero-order chi connectivity index (χ0) is 14.8. The number of carbonyl (C=O) groups excluding carboxylic acids is 1. The first-order valence-corrected chi connectivity index (χ1v) is 6.60. The summed E-state index contributed by atoms with van der Waals surface area (Å²) in [6.45, 7) is 1.51. The molecule has 2 heterocycles. The number of carbonyl (C=O) groups is 1. The van der Waals surface area contributed by atoms with E-state index in [1.54, 1.807) is 0 Å². The van der Waals surface area contributed by atoms with Gasteiger partial charge in [0.1, 0.15) is 0 Å². The number of Topliss-reactive ketones (excluding diaryl/α,β-unsaturated/α-hetero) is 1. The molecular formula is C12H17F3N4O. The fraction of sp³-hybridized carbons (Fsp3) is 0.750. The highest BCUT2D eigenvalue weighted by molar-refractivity contribution is 5.98. The Labute approximate surface area is 114 Å². The zero-order valence-corrected chi connectivity index (χ0v) is 11.2. The molecule has 1 unspecified atom stereocenters. The second-order valence-electron chi connectivity index (χ2n) is 5.11. The van der Waals surface area contributed by atoms with E-state index in [9.17, 15) is 18.0 Å². The van der Waals surface area contributed by atoms with Crippen LogP contribution in [-0.4, -0.2) is 51.5 Å². The molecule has 0 N–H and O–H groups in total. The molecule has 0 aromatic carbocycles. The first-order valence-electron chi connectivity index (χ1n) is 6.60. The minimum absolute atomic E-state index is 0.412. The van der Waals surface area contributed by atoms with E-state index >= 15 is 0 Å². The van der Waals surface area contributed by atoms with E-state index in [-0.39, 0.29) is 0 Å². The molecule has 0 aliphatic carbocycles. The molecule has 0 saturated carbocycles. The topological polar surface area (TPSA) is 51.0 Å². The van der Waals surface area contributed by atoms with Crippen LogP contribution in [0.25, 0.3) is 0 Å². The average Bonchev–Trinajstić information content (AvgIpc) is 2.84. The number of ketones is 1. The number of nitrogens with zero attached hydrogens (tertiary/aromatic N) is 4. The summed E-state index contributed by atoms with van der Waals surface area (Å²) in [5.74, 6) is -1.95.